The van der Waals surface area contributed by atoms with E-state index in [9.17, 15) is 28.5 Å². The molecule has 0 spiro atoms. The maximum atomic E-state index is 12.7. The van der Waals surface area contributed by atoms with Gasteiger partial charge >= 0.3 is 6.18 Å². The van der Waals surface area contributed by atoms with Crippen LogP contribution in [0.1, 0.15) is 40.9 Å². The number of rotatable bonds is 6. The van der Waals surface area contributed by atoms with Gasteiger partial charge in [0.15, 0.2) is 5.78 Å². The van der Waals surface area contributed by atoms with Crippen molar-refractivity contribution in [1.82, 2.24) is 4.98 Å². The number of nitrogen functional groups attached to an aromatic ring is 1. The zero-order valence-corrected chi connectivity index (χ0v) is 19.9. The predicted octanol–water partition coefficient (Wildman–Crippen LogP) is 6.10. The summed E-state index contributed by atoms with van der Waals surface area (Å²) < 4.78 is 43.3. The Morgan fingerprint density at radius 1 is 1.03 bits per heavy atom. The molecular weight excluding hydrogens is 477 g/mol. The van der Waals surface area contributed by atoms with E-state index in [1.54, 1.807) is 24.3 Å². The van der Waals surface area contributed by atoms with Crippen LogP contribution in [-0.4, -0.2) is 23.6 Å². The summed E-state index contributed by atoms with van der Waals surface area (Å²) in [5, 5.41) is 19.5. The van der Waals surface area contributed by atoms with Gasteiger partial charge in [-0.3, -0.25) is 4.79 Å². The van der Waals surface area contributed by atoms with Gasteiger partial charge in [0.1, 0.15) is 34.3 Å². The number of pyridine rings is 1. The number of nitrogens with two attached hydrogens (primary N) is 1. The summed E-state index contributed by atoms with van der Waals surface area (Å²) in [6.45, 7) is 4.00. The van der Waals surface area contributed by atoms with Crippen LogP contribution in [0.2, 0.25) is 0 Å². The van der Waals surface area contributed by atoms with Crippen LogP contribution in [0.4, 0.5) is 19.0 Å². The van der Waals surface area contributed by atoms with Gasteiger partial charge < -0.3 is 10.5 Å². The maximum absolute atomic E-state index is 12.7. The fraction of sp³-hybridized carbons (Fsp3) is 0.200. The number of nitriles is 2. The van der Waals surface area contributed by atoms with Crippen molar-refractivity contribution in [3.63, 3.8) is 0 Å². The molecule has 0 saturated carbocycles. The second kappa shape index (κ2) is 11.9. The number of ketones is 1. The number of nitrogens with zero attached hydrogens (tertiary/aromatic N) is 3. The van der Waals surface area contributed by atoms with Crippen molar-refractivity contribution in [2.24, 2.45) is 0 Å². The number of alkyl halides is 3. The van der Waals surface area contributed by atoms with Gasteiger partial charge in [-0.25, -0.2) is 4.98 Å². The van der Waals surface area contributed by atoms with Crippen LogP contribution in [0.25, 0.3) is 11.1 Å². The number of anilines is 1. The number of methoxy groups -OCH3 is 1. The van der Waals surface area contributed by atoms with E-state index in [1.807, 2.05) is 26.0 Å². The van der Waals surface area contributed by atoms with Crippen LogP contribution in [0.3, 0.4) is 0 Å². The molecule has 0 aliphatic carbocycles. The maximum Gasteiger partial charge on any atom is 0.416 e. The summed E-state index contributed by atoms with van der Waals surface area (Å²) >= 11 is 0.915. The van der Waals surface area contributed by atoms with E-state index in [4.69, 9.17) is 10.5 Å². The number of hydrogen-bond acceptors (Lipinski definition) is 7. The summed E-state index contributed by atoms with van der Waals surface area (Å²) in [5.41, 5.74) is 6.09. The molecule has 0 atom stereocenters. The minimum absolute atomic E-state index is 0.0233. The first-order valence-electron chi connectivity index (χ1n) is 10.3. The highest BCUT2D eigenvalue weighted by atomic mass is 32.2. The standard InChI is InChI=1S/C23H15F3N4O2S.C2H6/c1-32-16-8-4-14(5-9-16)20-17(10-27)21(29)30-22(18(20)11-28)33-12-19(31)13-2-6-15(7-3-13)23(24,25)26;1-2/h2-9H,12H2,1H3,(H2,29,30);1-2H3. The average molecular weight is 499 g/mol. The fourth-order valence-electron chi connectivity index (χ4n) is 3.01. The summed E-state index contributed by atoms with van der Waals surface area (Å²) in [7, 11) is 1.50. The van der Waals surface area contributed by atoms with E-state index in [1.165, 1.54) is 7.11 Å². The summed E-state index contributed by atoms with van der Waals surface area (Å²) in [5.74, 6) is -0.171. The fourth-order valence-corrected chi connectivity index (χ4v) is 3.90. The lowest BCUT2D eigenvalue weighted by Crippen LogP contribution is -2.08. The predicted molar refractivity (Wildman–Crippen MR) is 128 cm³/mol. The molecule has 1 heterocycles. The van der Waals surface area contributed by atoms with Gasteiger partial charge in [0.05, 0.1) is 24.0 Å². The Morgan fingerprint density at radius 2 is 1.60 bits per heavy atom. The first kappa shape index (κ1) is 27.2. The van der Waals surface area contributed by atoms with Crippen molar-refractivity contribution in [3.05, 3.63) is 70.8 Å². The highest BCUT2D eigenvalue weighted by Gasteiger charge is 2.30. The molecule has 0 fully saturated rings. The van der Waals surface area contributed by atoms with Crippen LogP contribution in [0.5, 0.6) is 5.75 Å². The van der Waals surface area contributed by atoms with Gasteiger partial charge in [0.2, 0.25) is 0 Å². The van der Waals surface area contributed by atoms with Crippen molar-refractivity contribution in [3.8, 4) is 29.0 Å². The summed E-state index contributed by atoms with van der Waals surface area (Å²) in [4.78, 5) is 16.6. The van der Waals surface area contributed by atoms with E-state index in [-0.39, 0.29) is 38.9 Å². The highest BCUT2D eigenvalue weighted by Crippen LogP contribution is 2.36. The molecule has 0 aliphatic rings. The minimum atomic E-state index is -4.50. The van der Waals surface area contributed by atoms with E-state index < -0.39 is 17.5 Å². The van der Waals surface area contributed by atoms with Gasteiger partial charge in [-0.2, -0.15) is 23.7 Å². The second-order valence-electron chi connectivity index (χ2n) is 6.67. The monoisotopic (exact) mass is 498 g/mol. The normalized spacial score (nSPS) is 10.4. The molecule has 0 unspecified atom stereocenters. The van der Waals surface area contributed by atoms with Gasteiger partial charge in [0, 0.05) is 11.1 Å². The molecule has 6 nitrogen and oxygen atoms in total. The molecular formula is C25H21F3N4O2S. The zero-order chi connectivity index (χ0) is 26.2. The average Bonchev–Trinajstić information content (AvgIpc) is 2.87. The smallest absolute Gasteiger partial charge is 0.416 e. The van der Waals surface area contributed by atoms with Crippen molar-refractivity contribution in [2.75, 3.05) is 18.6 Å². The lowest BCUT2D eigenvalue weighted by Gasteiger charge is -2.13. The third kappa shape index (κ3) is 6.31. The topological polar surface area (TPSA) is 113 Å². The number of ether oxygens (including phenoxy) is 1. The van der Waals surface area contributed by atoms with E-state index in [2.05, 4.69) is 4.98 Å². The molecule has 1 aromatic heterocycles. The van der Waals surface area contributed by atoms with Crippen molar-refractivity contribution in [1.29, 1.82) is 10.5 Å². The van der Waals surface area contributed by atoms with Crippen molar-refractivity contribution < 1.29 is 22.7 Å². The largest absolute Gasteiger partial charge is 0.497 e. The number of carbonyl (C=O) groups is 1. The van der Waals surface area contributed by atoms with Crippen LogP contribution in [0, 0.1) is 22.7 Å². The molecule has 35 heavy (non-hydrogen) atoms. The molecule has 0 saturated heterocycles. The Labute approximate surface area is 205 Å². The molecule has 2 aromatic carbocycles. The Morgan fingerprint density at radius 3 is 2.09 bits per heavy atom. The van der Waals surface area contributed by atoms with Gasteiger partial charge in [-0.1, -0.05) is 49.9 Å². The number of benzene rings is 2. The first-order valence-corrected chi connectivity index (χ1v) is 11.3. The van der Waals surface area contributed by atoms with Gasteiger partial charge in [0.25, 0.3) is 0 Å². The number of thioether (sulfide) groups is 1. The second-order valence-corrected chi connectivity index (χ2v) is 7.63. The number of carbonyl (C=O) groups excluding carboxylic acids is 1. The Bertz CT molecular complexity index is 1280. The summed E-state index contributed by atoms with van der Waals surface area (Å²) in [6.07, 6.45) is -4.50. The molecule has 0 amide bonds. The van der Waals surface area contributed by atoms with E-state index >= 15 is 0 Å². The third-order valence-corrected chi connectivity index (χ3v) is 5.64. The van der Waals surface area contributed by atoms with Crippen LogP contribution >= 0.6 is 11.8 Å². The molecule has 0 bridgehead atoms. The molecule has 3 rings (SSSR count). The number of Topliss-reactive ketones (excluding diaryl/α,β-unsaturated/α-hetero) is 1. The molecule has 10 heteroatoms. The Kier molecular flexibility index (Phi) is 9.26. The third-order valence-electron chi connectivity index (χ3n) is 4.67. The number of halogens is 3. The lowest BCUT2D eigenvalue weighted by atomic mass is 9.97. The van der Waals surface area contributed by atoms with E-state index in [0.717, 1.165) is 36.0 Å². The van der Waals surface area contributed by atoms with Gasteiger partial charge in [-0.15, -0.1) is 0 Å². The highest BCUT2D eigenvalue weighted by molar-refractivity contribution is 8.00. The Balaban J connectivity index is 0.00000210. The van der Waals surface area contributed by atoms with Crippen LogP contribution in [-0.2, 0) is 6.18 Å². The number of hydrogen-bond donors (Lipinski definition) is 1. The number of aromatic nitrogens is 1. The molecule has 2 N–H and O–H groups in total. The van der Waals surface area contributed by atoms with Crippen LogP contribution < -0.4 is 10.5 Å². The first-order chi connectivity index (χ1) is 16.7. The lowest BCUT2D eigenvalue weighted by molar-refractivity contribution is -0.137. The van der Waals surface area contributed by atoms with Crippen LogP contribution in [0.15, 0.2) is 53.6 Å². The van der Waals surface area contributed by atoms with E-state index in [0.29, 0.717) is 11.3 Å². The molecule has 0 aliphatic heterocycles. The zero-order valence-electron chi connectivity index (χ0n) is 19.1. The quantitative estimate of drug-likeness (QED) is 0.323. The SMILES string of the molecule is CC.COc1ccc(-c2c(C#N)c(N)nc(SCC(=O)c3ccc(C(F)(F)F)cc3)c2C#N)cc1. The molecule has 180 valence electrons. The van der Waals surface area contributed by atoms with Crippen molar-refractivity contribution in [2.45, 2.75) is 25.0 Å². The summed E-state index contributed by atoms with van der Waals surface area (Å²) in [6, 6.07) is 14.5. The van der Waals surface area contributed by atoms with Gasteiger partial charge in [-0.05, 0) is 29.8 Å². The van der Waals surface area contributed by atoms with Crippen molar-refractivity contribution >= 4 is 23.4 Å². The molecule has 0 radical (unpaired) electrons. The minimum Gasteiger partial charge on any atom is -0.497 e. The Hall–Kier alpha value is -4.02. The molecule has 3 aromatic rings.